The van der Waals surface area contributed by atoms with E-state index >= 15 is 0 Å². The Morgan fingerprint density at radius 2 is 1.67 bits per heavy atom. The summed E-state index contributed by atoms with van der Waals surface area (Å²) in [7, 11) is 0. The summed E-state index contributed by atoms with van der Waals surface area (Å²) in [6.45, 7) is 2.14. The quantitative estimate of drug-likeness (QED) is 0.476. The molecular weight excluding hydrogens is 254 g/mol. The van der Waals surface area contributed by atoms with Gasteiger partial charge in [0.1, 0.15) is 0 Å². The van der Waals surface area contributed by atoms with Gasteiger partial charge in [-0.1, -0.05) is 60.2 Å². The van der Waals surface area contributed by atoms with Gasteiger partial charge in [-0.3, -0.25) is 4.98 Å². The van der Waals surface area contributed by atoms with E-state index in [9.17, 15) is 0 Å². The van der Waals surface area contributed by atoms with E-state index in [1.807, 2.05) is 18.3 Å². The first-order chi connectivity index (χ1) is 10.3. The number of hydrogen-bond acceptors (Lipinski definition) is 1. The first-order valence-electron chi connectivity index (χ1n) is 7.16. The summed E-state index contributed by atoms with van der Waals surface area (Å²) in [5.74, 6) is 0. The summed E-state index contributed by atoms with van der Waals surface area (Å²) in [5.41, 5.74) is 8.60. The van der Waals surface area contributed by atoms with Crippen molar-refractivity contribution in [1.29, 1.82) is 0 Å². The van der Waals surface area contributed by atoms with Gasteiger partial charge >= 0.3 is 0 Å². The summed E-state index contributed by atoms with van der Waals surface area (Å²) < 4.78 is 0. The summed E-state index contributed by atoms with van der Waals surface area (Å²) >= 11 is 0. The van der Waals surface area contributed by atoms with E-state index in [4.69, 9.17) is 0 Å². The fraction of sp³-hybridized carbons (Fsp3) is 0.0500. The standard InChI is InChI=1S/C20H15N/c1-14-9-10-17-18(12-14)19(13-15-6-3-2-4-7-15)16-8-5-11-21-20(16)17/h2-13H,1H3/b19-13+. The van der Waals surface area contributed by atoms with Gasteiger partial charge in [0.05, 0.1) is 5.69 Å². The Balaban J connectivity index is 1.99. The molecule has 21 heavy (non-hydrogen) atoms. The van der Waals surface area contributed by atoms with Crippen LogP contribution in [0.5, 0.6) is 0 Å². The third-order valence-electron chi connectivity index (χ3n) is 3.93. The average Bonchev–Trinajstić information content (AvgIpc) is 2.82. The third kappa shape index (κ3) is 1.98. The van der Waals surface area contributed by atoms with Crippen molar-refractivity contribution in [3.8, 4) is 11.3 Å². The zero-order valence-electron chi connectivity index (χ0n) is 11.9. The van der Waals surface area contributed by atoms with E-state index in [1.165, 1.54) is 33.4 Å². The van der Waals surface area contributed by atoms with Gasteiger partial charge in [0.15, 0.2) is 0 Å². The van der Waals surface area contributed by atoms with Crippen molar-refractivity contribution < 1.29 is 0 Å². The lowest BCUT2D eigenvalue weighted by atomic mass is 10.00. The zero-order valence-corrected chi connectivity index (χ0v) is 11.9. The minimum absolute atomic E-state index is 1.09. The Morgan fingerprint density at radius 3 is 2.52 bits per heavy atom. The lowest BCUT2D eigenvalue weighted by Crippen LogP contribution is -1.83. The van der Waals surface area contributed by atoms with Crippen molar-refractivity contribution in [3.05, 3.63) is 89.1 Å². The molecule has 0 N–H and O–H groups in total. The number of nitrogens with zero attached hydrogens (tertiary/aromatic N) is 1. The van der Waals surface area contributed by atoms with Crippen molar-refractivity contribution in [3.63, 3.8) is 0 Å². The molecule has 0 saturated carbocycles. The van der Waals surface area contributed by atoms with Crippen LogP contribution in [0.25, 0.3) is 22.9 Å². The van der Waals surface area contributed by atoms with Gasteiger partial charge in [0, 0.05) is 17.3 Å². The van der Waals surface area contributed by atoms with Gasteiger partial charge in [0.2, 0.25) is 0 Å². The molecule has 0 fully saturated rings. The maximum atomic E-state index is 4.58. The van der Waals surface area contributed by atoms with Crippen molar-refractivity contribution in [2.24, 2.45) is 0 Å². The number of benzene rings is 2. The summed E-state index contributed by atoms with van der Waals surface area (Å²) in [5, 5.41) is 0. The van der Waals surface area contributed by atoms with Crippen LogP contribution in [0.4, 0.5) is 0 Å². The molecule has 4 rings (SSSR count). The minimum Gasteiger partial charge on any atom is -0.256 e. The van der Waals surface area contributed by atoms with Gasteiger partial charge in [-0.15, -0.1) is 0 Å². The Bertz CT molecular complexity index is 845. The van der Waals surface area contributed by atoms with Crippen molar-refractivity contribution >= 4 is 11.6 Å². The second-order valence-corrected chi connectivity index (χ2v) is 5.42. The van der Waals surface area contributed by atoms with Crippen LogP contribution in [0, 0.1) is 6.92 Å². The maximum Gasteiger partial charge on any atom is 0.0786 e. The van der Waals surface area contributed by atoms with E-state index in [0.29, 0.717) is 0 Å². The fourth-order valence-corrected chi connectivity index (χ4v) is 2.94. The van der Waals surface area contributed by atoms with Crippen LogP contribution in [0.2, 0.25) is 0 Å². The highest BCUT2D eigenvalue weighted by molar-refractivity contribution is 6.05. The van der Waals surface area contributed by atoms with Gasteiger partial charge in [-0.2, -0.15) is 0 Å². The van der Waals surface area contributed by atoms with Crippen LogP contribution in [0.3, 0.4) is 0 Å². The largest absolute Gasteiger partial charge is 0.256 e. The number of aromatic nitrogens is 1. The highest BCUT2D eigenvalue weighted by atomic mass is 14.7. The molecule has 100 valence electrons. The van der Waals surface area contributed by atoms with Gasteiger partial charge < -0.3 is 0 Å². The smallest absolute Gasteiger partial charge is 0.0786 e. The Morgan fingerprint density at radius 1 is 0.810 bits per heavy atom. The highest BCUT2D eigenvalue weighted by Gasteiger charge is 2.24. The summed E-state index contributed by atoms with van der Waals surface area (Å²) in [6, 6.07) is 21.2. The van der Waals surface area contributed by atoms with Gasteiger partial charge in [0.25, 0.3) is 0 Å². The van der Waals surface area contributed by atoms with Gasteiger partial charge in [-0.25, -0.2) is 0 Å². The van der Waals surface area contributed by atoms with E-state index in [0.717, 1.165) is 5.69 Å². The predicted octanol–water partition coefficient (Wildman–Crippen LogP) is 4.96. The molecule has 1 aromatic heterocycles. The first kappa shape index (κ1) is 12.1. The molecule has 0 aliphatic heterocycles. The molecule has 1 aliphatic carbocycles. The van der Waals surface area contributed by atoms with E-state index in [-0.39, 0.29) is 0 Å². The summed E-state index contributed by atoms with van der Waals surface area (Å²) in [6.07, 6.45) is 4.12. The molecule has 0 saturated heterocycles. The molecule has 1 aliphatic rings. The molecular formula is C20H15N. The van der Waals surface area contributed by atoms with E-state index < -0.39 is 0 Å². The monoisotopic (exact) mass is 269 g/mol. The Labute approximate surface area is 124 Å². The van der Waals surface area contributed by atoms with E-state index in [2.05, 4.69) is 66.5 Å². The average molecular weight is 269 g/mol. The van der Waals surface area contributed by atoms with Crippen molar-refractivity contribution in [1.82, 2.24) is 4.98 Å². The van der Waals surface area contributed by atoms with Crippen LogP contribution in [0.1, 0.15) is 22.3 Å². The Kier molecular flexibility index (Phi) is 2.71. The predicted molar refractivity (Wildman–Crippen MR) is 87.8 cm³/mol. The minimum atomic E-state index is 1.09. The summed E-state index contributed by atoms with van der Waals surface area (Å²) in [4.78, 5) is 4.58. The number of fused-ring (bicyclic) bond motifs is 3. The molecule has 0 radical (unpaired) electrons. The van der Waals surface area contributed by atoms with Crippen molar-refractivity contribution in [2.45, 2.75) is 6.92 Å². The third-order valence-corrected chi connectivity index (χ3v) is 3.93. The molecule has 3 aromatic rings. The maximum absolute atomic E-state index is 4.58. The lowest BCUT2D eigenvalue weighted by molar-refractivity contribution is 1.33. The molecule has 0 spiro atoms. The molecule has 0 unspecified atom stereocenters. The lowest BCUT2D eigenvalue weighted by Gasteiger charge is -2.04. The van der Waals surface area contributed by atoms with Gasteiger partial charge in [-0.05, 0) is 35.8 Å². The van der Waals surface area contributed by atoms with Crippen LogP contribution in [-0.2, 0) is 0 Å². The highest BCUT2D eigenvalue weighted by Crippen LogP contribution is 2.43. The molecule has 0 amide bonds. The molecule has 1 heterocycles. The number of pyridine rings is 1. The van der Waals surface area contributed by atoms with Crippen LogP contribution >= 0.6 is 0 Å². The second kappa shape index (κ2) is 4.71. The number of hydrogen-bond donors (Lipinski definition) is 0. The van der Waals surface area contributed by atoms with Crippen molar-refractivity contribution in [2.75, 3.05) is 0 Å². The normalized spacial score (nSPS) is 14.0. The Hall–Kier alpha value is -2.67. The SMILES string of the molecule is Cc1ccc2c(c1)/C(=C/c1ccccc1)c1cccnc1-2. The molecule has 1 heteroatoms. The zero-order chi connectivity index (χ0) is 14.2. The molecule has 2 aromatic carbocycles. The number of rotatable bonds is 1. The second-order valence-electron chi connectivity index (χ2n) is 5.42. The van der Waals surface area contributed by atoms with Crippen LogP contribution in [-0.4, -0.2) is 4.98 Å². The van der Waals surface area contributed by atoms with Crippen LogP contribution < -0.4 is 0 Å². The fourth-order valence-electron chi connectivity index (χ4n) is 2.94. The van der Waals surface area contributed by atoms with E-state index in [1.54, 1.807) is 0 Å². The number of aryl methyl sites for hydroxylation is 1. The molecule has 0 bridgehead atoms. The molecule has 1 nitrogen and oxygen atoms in total. The topological polar surface area (TPSA) is 12.9 Å². The first-order valence-corrected chi connectivity index (χ1v) is 7.16. The molecule has 0 atom stereocenters. The van der Waals surface area contributed by atoms with Crippen LogP contribution in [0.15, 0.2) is 66.9 Å².